The molecule has 0 amide bonds. The Morgan fingerprint density at radius 1 is 0.328 bits per heavy atom. The molecule has 8 heterocycles. The Kier molecular flexibility index (Phi) is 6.29. The van der Waals surface area contributed by atoms with Crippen molar-refractivity contribution in [2.45, 2.75) is 0 Å². The molecule has 13 rings (SSSR count). The lowest BCUT2D eigenvalue weighted by molar-refractivity contribution is 0.669. The van der Waals surface area contributed by atoms with E-state index in [9.17, 15) is 0 Å². The fourth-order valence-corrected chi connectivity index (χ4v) is 9.21. The SMILES string of the molecule is c1ccc(-c2cc(-n3c4ccncc4c4cnccc43)cc3c2oc2ccccc23)c(-c2cccc3c2oc2ccc(-n4c5ccncc5c5cnccc54)cc23)c1. The molecule has 0 unspecified atom stereocenters. The van der Waals surface area contributed by atoms with Gasteiger partial charge in [0.05, 0.1) is 22.1 Å². The van der Waals surface area contributed by atoms with Gasteiger partial charge in [0.2, 0.25) is 0 Å². The quantitative estimate of drug-likeness (QED) is 0.178. The molecule has 8 aromatic heterocycles. The Labute approximate surface area is 328 Å². The standard InChI is InChI=1S/C50H28N6O2/c1-2-7-32(37-23-30(24-38-33-8-3-4-11-47(33)57-50(37)38)56-45-16-20-53-27-41(45)42-28-54-21-17-46(42)56)31(6-1)34-9-5-10-35-36-22-29(12-13-48(36)58-49(34)35)55-43-14-18-51-25-39(43)40-26-52-19-15-44(40)55/h1-28H. The number of aromatic nitrogens is 6. The lowest BCUT2D eigenvalue weighted by Crippen LogP contribution is -1.96. The Morgan fingerprint density at radius 3 is 1.45 bits per heavy atom. The van der Waals surface area contributed by atoms with Crippen molar-refractivity contribution in [3.63, 3.8) is 0 Å². The number of pyridine rings is 4. The van der Waals surface area contributed by atoms with Crippen molar-refractivity contribution in [1.29, 1.82) is 0 Å². The molecular weight excluding hydrogens is 717 g/mol. The number of furan rings is 2. The van der Waals surface area contributed by atoms with Crippen LogP contribution in [0.15, 0.2) is 180 Å². The van der Waals surface area contributed by atoms with Crippen LogP contribution in [0.5, 0.6) is 0 Å². The van der Waals surface area contributed by atoms with E-state index in [0.29, 0.717) is 0 Å². The average Bonchev–Trinajstić information content (AvgIpc) is 4.04. The molecule has 0 fully saturated rings. The lowest BCUT2D eigenvalue weighted by atomic mass is 9.92. The van der Waals surface area contributed by atoms with E-state index in [0.717, 1.165) is 121 Å². The maximum absolute atomic E-state index is 6.82. The van der Waals surface area contributed by atoms with Crippen molar-refractivity contribution < 1.29 is 8.83 Å². The first kappa shape index (κ1) is 31.1. The van der Waals surface area contributed by atoms with Gasteiger partial charge in [-0.1, -0.05) is 60.7 Å². The van der Waals surface area contributed by atoms with Crippen molar-refractivity contribution >= 4 is 87.5 Å². The zero-order valence-electron chi connectivity index (χ0n) is 30.7. The van der Waals surface area contributed by atoms with Gasteiger partial charge in [-0.25, -0.2) is 0 Å². The number of para-hydroxylation sites is 2. The summed E-state index contributed by atoms with van der Waals surface area (Å²) in [5.74, 6) is 0. The van der Waals surface area contributed by atoms with Gasteiger partial charge in [-0.05, 0) is 71.8 Å². The van der Waals surface area contributed by atoms with Gasteiger partial charge in [-0.3, -0.25) is 19.9 Å². The minimum atomic E-state index is 0.824. The summed E-state index contributed by atoms with van der Waals surface area (Å²) < 4.78 is 18.2. The summed E-state index contributed by atoms with van der Waals surface area (Å²) in [6, 6.07) is 42.5. The lowest BCUT2D eigenvalue weighted by Gasteiger charge is -2.14. The molecule has 0 atom stereocenters. The van der Waals surface area contributed by atoms with Crippen LogP contribution >= 0.6 is 0 Å². The molecular formula is C50H28N6O2. The molecule has 0 N–H and O–H groups in total. The predicted octanol–water partition coefficient (Wildman–Crippen LogP) is 12.6. The predicted molar refractivity (Wildman–Crippen MR) is 232 cm³/mol. The molecule has 0 radical (unpaired) electrons. The van der Waals surface area contributed by atoms with Gasteiger partial charge in [0.25, 0.3) is 0 Å². The van der Waals surface area contributed by atoms with Crippen LogP contribution in [-0.4, -0.2) is 29.1 Å². The summed E-state index contributed by atoms with van der Waals surface area (Å²) in [7, 11) is 0. The number of nitrogens with zero attached hydrogens (tertiary/aromatic N) is 6. The van der Waals surface area contributed by atoms with E-state index in [4.69, 9.17) is 8.83 Å². The Morgan fingerprint density at radius 2 is 0.810 bits per heavy atom. The monoisotopic (exact) mass is 744 g/mol. The Bertz CT molecular complexity index is 3720. The molecule has 0 aliphatic heterocycles. The van der Waals surface area contributed by atoms with Crippen LogP contribution in [-0.2, 0) is 0 Å². The van der Waals surface area contributed by atoms with Crippen LogP contribution in [0.1, 0.15) is 0 Å². The van der Waals surface area contributed by atoms with Crippen molar-refractivity contribution in [1.82, 2.24) is 29.1 Å². The van der Waals surface area contributed by atoms with E-state index < -0.39 is 0 Å². The number of hydrogen-bond donors (Lipinski definition) is 0. The van der Waals surface area contributed by atoms with Crippen LogP contribution in [0.25, 0.3) is 121 Å². The molecule has 0 bridgehead atoms. The second kappa shape index (κ2) is 11.7. The van der Waals surface area contributed by atoms with Gasteiger partial charge in [-0.2, -0.15) is 0 Å². The molecule has 0 saturated heterocycles. The van der Waals surface area contributed by atoms with Gasteiger partial charge >= 0.3 is 0 Å². The summed E-state index contributed by atoms with van der Waals surface area (Å²) in [5, 5.41) is 8.43. The van der Waals surface area contributed by atoms with Gasteiger partial charge in [0.15, 0.2) is 0 Å². The topological polar surface area (TPSA) is 87.7 Å². The summed E-state index contributed by atoms with van der Waals surface area (Å²) in [5.41, 5.74) is 13.7. The molecule has 0 aliphatic carbocycles. The van der Waals surface area contributed by atoms with Crippen LogP contribution in [0, 0.1) is 0 Å². The van der Waals surface area contributed by atoms with Gasteiger partial charge in [-0.15, -0.1) is 0 Å². The second-order valence-corrected chi connectivity index (χ2v) is 14.7. The van der Waals surface area contributed by atoms with E-state index in [1.54, 1.807) is 0 Å². The second-order valence-electron chi connectivity index (χ2n) is 14.7. The maximum Gasteiger partial charge on any atom is 0.143 e. The first-order valence-corrected chi connectivity index (χ1v) is 19.2. The summed E-state index contributed by atoms with van der Waals surface area (Å²) >= 11 is 0. The first-order valence-electron chi connectivity index (χ1n) is 19.2. The largest absolute Gasteiger partial charge is 0.455 e. The third-order valence-corrected chi connectivity index (χ3v) is 11.7. The fraction of sp³-hybridized carbons (Fsp3) is 0. The zero-order valence-corrected chi connectivity index (χ0v) is 30.7. The number of benzene rings is 5. The van der Waals surface area contributed by atoms with E-state index >= 15 is 0 Å². The number of rotatable bonds is 4. The normalized spacial score (nSPS) is 12.1. The molecule has 0 saturated carbocycles. The highest BCUT2D eigenvalue weighted by Gasteiger charge is 2.22. The number of fused-ring (bicyclic) bond motifs is 12. The third-order valence-electron chi connectivity index (χ3n) is 11.7. The maximum atomic E-state index is 6.82. The highest BCUT2D eigenvalue weighted by Crippen LogP contribution is 2.45. The van der Waals surface area contributed by atoms with Crippen LogP contribution in [0.3, 0.4) is 0 Å². The van der Waals surface area contributed by atoms with Gasteiger partial charge in [0, 0.05) is 115 Å². The molecule has 5 aromatic carbocycles. The highest BCUT2D eigenvalue weighted by atomic mass is 16.3. The molecule has 58 heavy (non-hydrogen) atoms. The van der Waals surface area contributed by atoms with Crippen LogP contribution in [0.4, 0.5) is 0 Å². The fourth-order valence-electron chi connectivity index (χ4n) is 9.21. The Hall–Kier alpha value is -8.10. The third kappa shape index (κ3) is 4.28. The highest BCUT2D eigenvalue weighted by molar-refractivity contribution is 6.16. The van der Waals surface area contributed by atoms with Crippen LogP contribution in [0.2, 0.25) is 0 Å². The van der Waals surface area contributed by atoms with Gasteiger partial charge < -0.3 is 18.0 Å². The van der Waals surface area contributed by atoms with Crippen LogP contribution < -0.4 is 0 Å². The minimum Gasteiger partial charge on any atom is -0.455 e. The summed E-state index contributed by atoms with van der Waals surface area (Å²) in [6.07, 6.45) is 15.1. The van der Waals surface area contributed by atoms with Crippen molar-refractivity contribution in [3.8, 4) is 33.6 Å². The first-order chi connectivity index (χ1) is 28.8. The molecule has 8 heteroatoms. The molecule has 8 nitrogen and oxygen atoms in total. The van der Waals surface area contributed by atoms with E-state index in [2.05, 4.69) is 138 Å². The van der Waals surface area contributed by atoms with E-state index in [1.165, 1.54) is 0 Å². The van der Waals surface area contributed by atoms with Crippen molar-refractivity contribution in [2.75, 3.05) is 0 Å². The van der Waals surface area contributed by atoms with E-state index in [-0.39, 0.29) is 0 Å². The molecule has 0 aliphatic rings. The smallest absolute Gasteiger partial charge is 0.143 e. The summed E-state index contributed by atoms with van der Waals surface area (Å²) in [4.78, 5) is 17.8. The number of hydrogen-bond acceptors (Lipinski definition) is 6. The zero-order chi connectivity index (χ0) is 37.9. The van der Waals surface area contributed by atoms with Gasteiger partial charge in [0.1, 0.15) is 22.3 Å². The minimum absolute atomic E-state index is 0.824. The summed E-state index contributed by atoms with van der Waals surface area (Å²) in [6.45, 7) is 0. The average molecular weight is 745 g/mol. The molecule has 13 aromatic rings. The Balaban J connectivity index is 1.05. The van der Waals surface area contributed by atoms with Crippen molar-refractivity contribution in [3.05, 3.63) is 171 Å². The van der Waals surface area contributed by atoms with E-state index in [1.807, 2.05) is 61.7 Å². The molecule has 0 spiro atoms. The van der Waals surface area contributed by atoms with Crippen molar-refractivity contribution in [2.24, 2.45) is 0 Å². The molecule has 270 valence electrons.